The maximum atomic E-state index is 14.2. The fourth-order valence-electron chi connectivity index (χ4n) is 4.68. The highest BCUT2D eigenvalue weighted by Gasteiger charge is 2.60. The Kier molecular flexibility index (Phi) is 7.60. The lowest BCUT2D eigenvalue weighted by atomic mass is 10.1. The Bertz CT molecular complexity index is 1530. The van der Waals surface area contributed by atoms with Gasteiger partial charge in [0.2, 0.25) is 0 Å². The monoisotopic (exact) mass is 669 g/mol. The molecule has 1 fully saturated rings. The molecular weight excluding hydrogens is 642 g/mol. The van der Waals surface area contributed by atoms with Crippen molar-refractivity contribution >= 4 is 74.1 Å². The van der Waals surface area contributed by atoms with Crippen molar-refractivity contribution in [3.05, 3.63) is 93.5 Å². The third-order valence-electron chi connectivity index (χ3n) is 6.76. The number of fused-ring (bicyclic) bond motifs is 1. The van der Waals surface area contributed by atoms with Gasteiger partial charge in [0, 0.05) is 34.7 Å². The van der Waals surface area contributed by atoms with Gasteiger partial charge in [0.1, 0.15) is 6.73 Å². The van der Waals surface area contributed by atoms with Gasteiger partial charge in [0.05, 0.1) is 16.9 Å². The van der Waals surface area contributed by atoms with E-state index in [4.69, 9.17) is 4.74 Å². The number of urea groups is 1. The van der Waals surface area contributed by atoms with Crippen molar-refractivity contribution in [2.24, 2.45) is 0 Å². The summed E-state index contributed by atoms with van der Waals surface area (Å²) in [5, 5.41) is 13.3. The first-order valence-corrected chi connectivity index (χ1v) is 17.9. The summed E-state index contributed by atoms with van der Waals surface area (Å²) < 4.78 is 9.51. The molecule has 39 heavy (non-hydrogen) atoms. The quantitative estimate of drug-likeness (QED) is 0.121. The first-order chi connectivity index (χ1) is 18.5. The van der Waals surface area contributed by atoms with Crippen LogP contribution in [0.2, 0.25) is 25.7 Å². The number of aromatic nitrogens is 1. The van der Waals surface area contributed by atoms with E-state index >= 15 is 0 Å². The molecular formula is C29H29Br2N3O4Si. The number of halogens is 2. The highest BCUT2D eigenvalue weighted by atomic mass is 79.9. The Morgan fingerprint density at radius 3 is 2.08 bits per heavy atom. The number of amides is 3. The van der Waals surface area contributed by atoms with Crippen LogP contribution < -0.4 is 9.80 Å². The van der Waals surface area contributed by atoms with Crippen LogP contribution in [0.4, 0.5) is 16.2 Å². The average molecular weight is 671 g/mol. The Labute approximate surface area is 245 Å². The van der Waals surface area contributed by atoms with Crippen LogP contribution in [-0.2, 0) is 22.0 Å². The molecule has 0 aliphatic carbocycles. The van der Waals surface area contributed by atoms with Gasteiger partial charge in [-0.2, -0.15) is 0 Å². The first kappa shape index (κ1) is 27.8. The molecule has 3 amide bonds. The number of aliphatic hydroxyl groups is 1. The molecule has 1 N–H and O–H groups in total. The van der Waals surface area contributed by atoms with Crippen LogP contribution in [0.15, 0.2) is 87.8 Å². The Hall–Kier alpha value is -2.76. The van der Waals surface area contributed by atoms with Crippen molar-refractivity contribution < 1.29 is 19.4 Å². The van der Waals surface area contributed by atoms with Crippen molar-refractivity contribution in [3.63, 3.8) is 0 Å². The van der Waals surface area contributed by atoms with Gasteiger partial charge in [0.25, 0.3) is 11.6 Å². The molecule has 1 aromatic heterocycles. The van der Waals surface area contributed by atoms with Crippen LogP contribution in [0.3, 0.4) is 0 Å². The predicted octanol–water partition coefficient (Wildman–Crippen LogP) is 7.30. The molecule has 202 valence electrons. The minimum absolute atomic E-state index is 0.129. The lowest BCUT2D eigenvalue weighted by molar-refractivity contribution is -0.134. The molecule has 7 nitrogen and oxygen atoms in total. The summed E-state index contributed by atoms with van der Waals surface area (Å²) in [6.45, 7) is 7.54. The number of imide groups is 1. The topological polar surface area (TPSA) is 75.0 Å². The highest BCUT2D eigenvalue weighted by molar-refractivity contribution is 9.10. The minimum atomic E-state index is -2.32. The second-order valence-electron chi connectivity index (χ2n) is 10.7. The second kappa shape index (κ2) is 10.7. The Balaban J connectivity index is 1.66. The average Bonchev–Trinajstić information content (AvgIpc) is 3.36. The lowest BCUT2D eigenvalue weighted by Crippen LogP contribution is -2.48. The second-order valence-corrected chi connectivity index (χ2v) is 18.2. The summed E-state index contributed by atoms with van der Waals surface area (Å²) >= 11 is 6.83. The zero-order valence-corrected chi connectivity index (χ0v) is 26.1. The van der Waals surface area contributed by atoms with Crippen LogP contribution in [0.25, 0.3) is 10.9 Å². The number of nitrogens with zero attached hydrogens (tertiary/aromatic N) is 3. The van der Waals surface area contributed by atoms with E-state index in [2.05, 4.69) is 51.5 Å². The van der Waals surface area contributed by atoms with E-state index in [1.807, 2.05) is 24.3 Å². The fraction of sp³-hybridized carbons (Fsp3) is 0.241. The van der Waals surface area contributed by atoms with Crippen LogP contribution in [-0.4, -0.2) is 36.3 Å². The van der Waals surface area contributed by atoms with E-state index in [1.165, 1.54) is 0 Å². The first-order valence-electron chi connectivity index (χ1n) is 12.6. The maximum Gasteiger partial charge on any atom is 0.339 e. The van der Waals surface area contributed by atoms with Crippen molar-refractivity contribution in [2.45, 2.75) is 38.1 Å². The number of carbonyl (C=O) groups is 2. The van der Waals surface area contributed by atoms with Gasteiger partial charge in [-0.25, -0.2) is 9.69 Å². The predicted molar refractivity (Wildman–Crippen MR) is 164 cm³/mol. The Morgan fingerprint density at radius 2 is 1.46 bits per heavy atom. The molecule has 0 saturated carbocycles. The normalized spacial score (nSPS) is 18.0. The third-order valence-corrected chi connectivity index (χ3v) is 9.52. The molecule has 5 rings (SSSR count). The number of anilines is 2. The smallest absolute Gasteiger partial charge is 0.339 e. The lowest BCUT2D eigenvalue weighted by Gasteiger charge is -2.31. The van der Waals surface area contributed by atoms with Crippen molar-refractivity contribution in [3.8, 4) is 0 Å². The van der Waals surface area contributed by atoms with Crippen LogP contribution in [0, 0.1) is 0 Å². The SMILES string of the molecule is C[Si](C)(C)CCOCn1c(C2(O)C(=O)N(c3ccc(Br)cc3)C(=O)N2c2ccc(Br)cc2)cc2ccccc21. The summed E-state index contributed by atoms with van der Waals surface area (Å²) in [7, 11) is -1.32. The van der Waals surface area contributed by atoms with Gasteiger partial charge >= 0.3 is 6.03 Å². The van der Waals surface area contributed by atoms with E-state index in [1.54, 1.807) is 59.2 Å². The molecule has 1 atom stereocenters. The van der Waals surface area contributed by atoms with Crippen molar-refractivity contribution in [1.82, 2.24) is 4.57 Å². The van der Waals surface area contributed by atoms with E-state index in [9.17, 15) is 14.7 Å². The number of hydrogen-bond acceptors (Lipinski definition) is 4. The third kappa shape index (κ3) is 5.23. The summed E-state index contributed by atoms with van der Waals surface area (Å²) in [6, 6.07) is 23.5. The number of carbonyl (C=O) groups excluding carboxylic acids is 2. The summed E-state index contributed by atoms with van der Waals surface area (Å²) in [5.41, 5.74) is -0.515. The molecule has 1 saturated heterocycles. The molecule has 1 aliphatic rings. The van der Waals surface area contributed by atoms with E-state index in [0.29, 0.717) is 18.0 Å². The largest absolute Gasteiger partial charge is 0.361 e. The molecule has 3 aromatic carbocycles. The van der Waals surface area contributed by atoms with Crippen LogP contribution in [0.5, 0.6) is 0 Å². The number of benzene rings is 3. The molecule has 10 heteroatoms. The van der Waals surface area contributed by atoms with Gasteiger partial charge in [-0.3, -0.25) is 9.69 Å². The molecule has 0 bridgehead atoms. The van der Waals surface area contributed by atoms with E-state index < -0.39 is 25.7 Å². The summed E-state index contributed by atoms with van der Waals surface area (Å²) in [4.78, 5) is 30.4. The van der Waals surface area contributed by atoms with Gasteiger partial charge in [-0.1, -0.05) is 69.7 Å². The zero-order valence-electron chi connectivity index (χ0n) is 21.9. The minimum Gasteiger partial charge on any atom is -0.361 e. The van der Waals surface area contributed by atoms with Gasteiger partial charge in [-0.15, -0.1) is 0 Å². The standard InChI is InChI=1S/C29H29Br2N3O4Si/c1-39(2,3)17-16-38-19-32-25-7-5-4-6-20(25)18-26(32)29(37)27(35)33(23-12-8-21(30)9-13-23)28(36)34(29)24-14-10-22(31)11-15-24/h4-15,18,37H,16-17,19H2,1-3H3. The molecule has 0 radical (unpaired) electrons. The van der Waals surface area contributed by atoms with Crippen LogP contribution >= 0.6 is 31.9 Å². The molecule has 0 spiro atoms. The van der Waals surface area contributed by atoms with Gasteiger partial charge in [0.15, 0.2) is 0 Å². The molecule has 1 aliphatic heterocycles. The number of ether oxygens (including phenoxy) is 1. The van der Waals surface area contributed by atoms with Gasteiger partial charge in [-0.05, 0) is 66.7 Å². The van der Waals surface area contributed by atoms with Crippen molar-refractivity contribution in [1.29, 1.82) is 0 Å². The molecule has 1 unspecified atom stereocenters. The Morgan fingerprint density at radius 1 is 0.872 bits per heavy atom. The summed E-state index contributed by atoms with van der Waals surface area (Å²) in [6.07, 6.45) is 0. The number of para-hydroxylation sites is 1. The summed E-state index contributed by atoms with van der Waals surface area (Å²) in [5.74, 6) is -0.760. The fourth-order valence-corrected chi connectivity index (χ4v) is 5.96. The van der Waals surface area contributed by atoms with E-state index in [0.717, 1.165) is 35.7 Å². The number of hydrogen-bond donors (Lipinski definition) is 1. The molecule has 2 heterocycles. The van der Waals surface area contributed by atoms with Crippen LogP contribution in [0.1, 0.15) is 5.69 Å². The maximum absolute atomic E-state index is 14.2. The zero-order chi connectivity index (χ0) is 27.9. The van der Waals surface area contributed by atoms with Crippen molar-refractivity contribution in [2.75, 3.05) is 16.4 Å². The highest BCUT2D eigenvalue weighted by Crippen LogP contribution is 2.43. The van der Waals surface area contributed by atoms with Gasteiger partial charge < -0.3 is 14.4 Å². The molecule has 4 aromatic rings. The van der Waals surface area contributed by atoms with E-state index in [-0.39, 0.29) is 12.4 Å². The number of rotatable bonds is 8.